The van der Waals surface area contributed by atoms with E-state index in [2.05, 4.69) is 45.8 Å². The maximum Gasteiger partial charge on any atom is 0.496 e. The normalized spacial score (nSPS) is 17.3. The lowest BCUT2D eigenvalue weighted by molar-refractivity contribution is 0.00578. The van der Waals surface area contributed by atoms with Crippen molar-refractivity contribution < 1.29 is 9.31 Å². The largest absolute Gasteiger partial charge is 0.496 e. The lowest BCUT2D eigenvalue weighted by Gasteiger charge is -2.32. The fraction of sp³-hybridized carbons (Fsp3) is 0.333. The SMILES string of the molecule is CC1(C)OB(c2cnc3[nH]c(=O)[nH]c3c2)OC1(C)C.O=c1[nH]c2cc(Br)cnc2[nH]1. The highest BCUT2D eigenvalue weighted by Gasteiger charge is 2.51. The highest BCUT2D eigenvalue weighted by atomic mass is 79.9. The Morgan fingerprint density at radius 3 is 1.90 bits per heavy atom. The van der Waals surface area contributed by atoms with Crippen LogP contribution in [0, 0.1) is 0 Å². The minimum absolute atomic E-state index is 0.231. The molecule has 0 spiro atoms. The highest BCUT2D eigenvalue weighted by Crippen LogP contribution is 2.36. The second-order valence-corrected chi connectivity index (χ2v) is 8.88. The predicted octanol–water partition coefficient (Wildman–Crippen LogP) is 1.56. The molecule has 0 atom stereocenters. The van der Waals surface area contributed by atoms with Crippen molar-refractivity contribution in [2.24, 2.45) is 0 Å². The molecule has 0 aromatic carbocycles. The van der Waals surface area contributed by atoms with E-state index in [-0.39, 0.29) is 11.4 Å². The molecule has 30 heavy (non-hydrogen) atoms. The molecule has 0 saturated carbocycles. The van der Waals surface area contributed by atoms with Gasteiger partial charge in [-0.25, -0.2) is 19.6 Å². The van der Waals surface area contributed by atoms with Crippen LogP contribution >= 0.6 is 15.9 Å². The van der Waals surface area contributed by atoms with Gasteiger partial charge in [0.05, 0.1) is 22.2 Å². The van der Waals surface area contributed by atoms with Gasteiger partial charge < -0.3 is 19.3 Å². The van der Waals surface area contributed by atoms with E-state index in [9.17, 15) is 9.59 Å². The van der Waals surface area contributed by atoms with Gasteiger partial charge in [0.15, 0.2) is 11.3 Å². The third kappa shape index (κ3) is 3.85. The van der Waals surface area contributed by atoms with Crippen molar-refractivity contribution in [1.82, 2.24) is 29.9 Å². The number of halogens is 1. The maximum atomic E-state index is 11.2. The van der Waals surface area contributed by atoms with Gasteiger partial charge in [0.2, 0.25) is 0 Å². The van der Waals surface area contributed by atoms with Crippen LogP contribution in [0.25, 0.3) is 22.3 Å². The second kappa shape index (κ2) is 7.22. The molecule has 0 unspecified atom stereocenters. The Morgan fingerprint density at radius 1 is 0.833 bits per heavy atom. The molecule has 0 radical (unpaired) electrons. The Hall–Kier alpha value is -2.70. The fourth-order valence-electron chi connectivity index (χ4n) is 2.94. The molecule has 1 aliphatic heterocycles. The molecule has 1 saturated heterocycles. The third-order valence-corrected chi connectivity index (χ3v) is 5.68. The van der Waals surface area contributed by atoms with Crippen molar-refractivity contribution in [3.8, 4) is 0 Å². The number of imidazole rings is 2. The molecular weight excluding hydrogens is 455 g/mol. The minimum Gasteiger partial charge on any atom is -0.399 e. The van der Waals surface area contributed by atoms with Crippen molar-refractivity contribution in [3.63, 3.8) is 0 Å². The Balaban J connectivity index is 0.000000168. The van der Waals surface area contributed by atoms with Crippen molar-refractivity contribution in [2.45, 2.75) is 38.9 Å². The average molecular weight is 475 g/mol. The van der Waals surface area contributed by atoms with E-state index < -0.39 is 18.3 Å². The lowest BCUT2D eigenvalue weighted by Crippen LogP contribution is -2.41. The third-order valence-electron chi connectivity index (χ3n) is 5.25. The summed E-state index contributed by atoms with van der Waals surface area (Å²) in [6.45, 7) is 7.99. The number of pyridine rings is 2. The molecule has 1 fully saturated rings. The minimum atomic E-state index is -0.472. The van der Waals surface area contributed by atoms with Gasteiger partial charge in [-0.3, -0.25) is 9.97 Å². The number of fused-ring (bicyclic) bond motifs is 2. The molecule has 10 nitrogen and oxygen atoms in total. The van der Waals surface area contributed by atoms with Crippen LogP contribution in [-0.4, -0.2) is 48.2 Å². The summed E-state index contributed by atoms with van der Waals surface area (Å²) >= 11 is 3.24. The van der Waals surface area contributed by atoms with Gasteiger partial charge in [0.25, 0.3) is 0 Å². The van der Waals surface area contributed by atoms with Crippen LogP contribution in [0.1, 0.15) is 27.7 Å². The lowest BCUT2D eigenvalue weighted by atomic mass is 9.80. The number of nitrogens with zero attached hydrogens (tertiary/aromatic N) is 2. The van der Waals surface area contributed by atoms with Crippen molar-refractivity contribution in [2.75, 3.05) is 0 Å². The molecule has 156 valence electrons. The number of nitrogens with one attached hydrogen (secondary N) is 4. The summed E-state index contributed by atoms with van der Waals surface area (Å²) in [5, 5.41) is 0. The predicted molar refractivity (Wildman–Crippen MR) is 117 cm³/mol. The summed E-state index contributed by atoms with van der Waals surface area (Å²) < 4.78 is 12.7. The summed E-state index contributed by atoms with van der Waals surface area (Å²) in [7, 11) is -0.472. The molecular formula is C18H20BBrN6O4. The van der Waals surface area contributed by atoms with E-state index in [4.69, 9.17) is 9.31 Å². The molecule has 1 aliphatic rings. The molecule has 4 N–H and O–H groups in total. The first-order valence-corrected chi connectivity index (χ1v) is 10.0. The number of aromatic amines is 4. The highest BCUT2D eigenvalue weighted by molar-refractivity contribution is 9.10. The monoisotopic (exact) mass is 474 g/mol. The van der Waals surface area contributed by atoms with Gasteiger partial charge >= 0.3 is 18.5 Å². The van der Waals surface area contributed by atoms with Crippen LogP contribution in [0.2, 0.25) is 0 Å². The van der Waals surface area contributed by atoms with Gasteiger partial charge in [0, 0.05) is 22.3 Å². The number of H-pyrrole nitrogens is 4. The smallest absolute Gasteiger partial charge is 0.399 e. The van der Waals surface area contributed by atoms with Gasteiger partial charge in [-0.1, -0.05) is 0 Å². The van der Waals surface area contributed by atoms with Crippen LogP contribution in [0.3, 0.4) is 0 Å². The van der Waals surface area contributed by atoms with Gasteiger partial charge in [0.1, 0.15) is 0 Å². The van der Waals surface area contributed by atoms with Crippen LogP contribution in [0.4, 0.5) is 0 Å². The zero-order chi connectivity index (χ0) is 21.7. The first kappa shape index (κ1) is 20.6. The number of hydrogen-bond donors (Lipinski definition) is 4. The van der Waals surface area contributed by atoms with Crippen LogP contribution < -0.4 is 16.8 Å². The Morgan fingerprint density at radius 2 is 1.33 bits per heavy atom. The molecule has 0 aliphatic carbocycles. The van der Waals surface area contributed by atoms with Gasteiger partial charge in [-0.2, -0.15) is 0 Å². The molecule has 5 heterocycles. The van der Waals surface area contributed by atoms with E-state index in [1.807, 2.05) is 33.8 Å². The first-order chi connectivity index (χ1) is 14.0. The Kier molecular flexibility index (Phi) is 4.95. The zero-order valence-corrected chi connectivity index (χ0v) is 18.4. The Bertz CT molecular complexity index is 1320. The van der Waals surface area contributed by atoms with Gasteiger partial charge in [-0.15, -0.1) is 0 Å². The van der Waals surface area contributed by atoms with E-state index in [1.165, 1.54) is 0 Å². The van der Waals surface area contributed by atoms with Crippen LogP contribution in [0.15, 0.2) is 38.6 Å². The van der Waals surface area contributed by atoms with Gasteiger partial charge in [-0.05, 0) is 55.8 Å². The number of aromatic nitrogens is 6. The summed E-state index contributed by atoms with van der Waals surface area (Å²) in [5.41, 5.74) is 1.99. The summed E-state index contributed by atoms with van der Waals surface area (Å²) in [6, 6.07) is 3.61. The molecule has 0 bridgehead atoms. The maximum absolute atomic E-state index is 11.2. The van der Waals surface area contributed by atoms with E-state index in [0.29, 0.717) is 22.3 Å². The summed E-state index contributed by atoms with van der Waals surface area (Å²) in [5.74, 6) is 0. The zero-order valence-electron chi connectivity index (χ0n) is 16.8. The number of rotatable bonds is 1. The molecule has 4 aromatic heterocycles. The molecule has 12 heteroatoms. The van der Waals surface area contributed by atoms with E-state index in [1.54, 1.807) is 18.5 Å². The molecule has 5 rings (SSSR count). The molecule has 4 aromatic rings. The number of hydrogen-bond acceptors (Lipinski definition) is 6. The topological polar surface area (TPSA) is 142 Å². The fourth-order valence-corrected chi connectivity index (χ4v) is 3.27. The van der Waals surface area contributed by atoms with E-state index >= 15 is 0 Å². The van der Waals surface area contributed by atoms with Crippen LogP contribution in [0.5, 0.6) is 0 Å². The van der Waals surface area contributed by atoms with Crippen LogP contribution in [-0.2, 0) is 9.31 Å². The summed E-state index contributed by atoms with van der Waals surface area (Å²) in [4.78, 5) is 40.5. The molecule has 0 amide bonds. The van der Waals surface area contributed by atoms with E-state index in [0.717, 1.165) is 9.94 Å². The van der Waals surface area contributed by atoms with Crippen molar-refractivity contribution >= 4 is 50.8 Å². The summed E-state index contributed by atoms with van der Waals surface area (Å²) in [6.07, 6.45) is 3.29. The quantitative estimate of drug-likeness (QED) is 0.308. The van der Waals surface area contributed by atoms with Crippen molar-refractivity contribution in [1.29, 1.82) is 0 Å². The first-order valence-electron chi connectivity index (χ1n) is 9.21. The van der Waals surface area contributed by atoms with Crippen molar-refractivity contribution in [3.05, 3.63) is 50.0 Å². The Labute approximate surface area is 179 Å². The average Bonchev–Trinajstić information content (AvgIpc) is 3.26. The standard InChI is InChI=1S/C12H16BN3O3.C6H4BrN3O/c1-11(2)12(3,4)19-13(18-11)7-5-8-9(14-6-7)16-10(17)15-8;7-3-1-4-5(8-2-3)10-6(11)9-4/h5-6H,1-4H3,(H2,14,15,16,17);1-2H,(H2,8,9,10,11). The second-order valence-electron chi connectivity index (χ2n) is 7.96.